The standard InChI is InChI=1S/C20H32F2N4O2.HI/c1-3-23-20(24-12-13-26(2)16-6-4-5-7-16)25-14-18(27)15-8-10-17(11-9-15)28-19(21)22;/h8-11,16,18-19,27H,3-7,12-14H2,1-2H3,(H2,23,24,25);1H. The van der Waals surface area contributed by atoms with Crippen molar-refractivity contribution in [1.82, 2.24) is 15.5 Å². The van der Waals surface area contributed by atoms with E-state index in [1.54, 1.807) is 12.1 Å². The monoisotopic (exact) mass is 526 g/mol. The summed E-state index contributed by atoms with van der Waals surface area (Å²) in [6.07, 6.45) is 4.37. The lowest BCUT2D eigenvalue weighted by Crippen LogP contribution is -2.42. The summed E-state index contributed by atoms with van der Waals surface area (Å²) in [5.41, 5.74) is 0.599. The molecule has 6 nitrogen and oxygen atoms in total. The van der Waals surface area contributed by atoms with Crippen molar-refractivity contribution in [3.05, 3.63) is 29.8 Å². The molecule has 1 aromatic carbocycles. The third-order valence-electron chi connectivity index (χ3n) is 4.96. The normalized spacial score (nSPS) is 16.0. The average Bonchev–Trinajstić information content (AvgIpc) is 3.21. The predicted molar refractivity (Wildman–Crippen MR) is 122 cm³/mol. The van der Waals surface area contributed by atoms with E-state index in [1.807, 2.05) is 6.92 Å². The van der Waals surface area contributed by atoms with Gasteiger partial charge >= 0.3 is 6.61 Å². The summed E-state index contributed by atoms with van der Waals surface area (Å²) in [5, 5.41) is 16.8. The first-order valence-corrected chi connectivity index (χ1v) is 9.94. The van der Waals surface area contributed by atoms with Gasteiger partial charge in [0, 0.05) is 25.7 Å². The number of hydrogen-bond acceptors (Lipinski definition) is 4. The third-order valence-corrected chi connectivity index (χ3v) is 4.96. The minimum absolute atomic E-state index is 0. The van der Waals surface area contributed by atoms with Crippen LogP contribution in [0.25, 0.3) is 0 Å². The lowest BCUT2D eigenvalue weighted by Gasteiger charge is -2.24. The first-order valence-electron chi connectivity index (χ1n) is 9.94. The van der Waals surface area contributed by atoms with E-state index >= 15 is 0 Å². The second kappa shape index (κ2) is 13.9. The summed E-state index contributed by atoms with van der Waals surface area (Å²) in [6, 6.07) is 6.64. The molecule has 29 heavy (non-hydrogen) atoms. The van der Waals surface area contributed by atoms with Crippen LogP contribution in [0.5, 0.6) is 5.75 Å². The summed E-state index contributed by atoms with van der Waals surface area (Å²) in [5.74, 6) is 0.717. The maximum absolute atomic E-state index is 12.2. The Balaban J connectivity index is 0.00000420. The summed E-state index contributed by atoms with van der Waals surface area (Å²) in [4.78, 5) is 6.82. The minimum atomic E-state index is -2.86. The number of aliphatic imine (C=N–C) groups is 1. The second-order valence-electron chi connectivity index (χ2n) is 7.03. The fourth-order valence-corrected chi connectivity index (χ4v) is 3.37. The molecule has 0 aliphatic heterocycles. The van der Waals surface area contributed by atoms with Crippen LogP contribution < -0.4 is 15.4 Å². The van der Waals surface area contributed by atoms with Gasteiger partial charge in [0.2, 0.25) is 0 Å². The number of aliphatic hydroxyl groups is 1. The number of guanidine groups is 1. The van der Waals surface area contributed by atoms with Gasteiger partial charge in [-0.2, -0.15) is 8.78 Å². The van der Waals surface area contributed by atoms with Crippen LogP contribution in [0.3, 0.4) is 0 Å². The molecule has 1 aromatic rings. The zero-order valence-corrected chi connectivity index (χ0v) is 19.4. The number of hydrogen-bond donors (Lipinski definition) is 3. The Labute approximate surface area is 189 Å². The van der Waals surface area contributed by atoms with Gasteiger partial charge in [-0.25, -0.2) is 0 Å². The van der Waals surface area contributed by atoms with E-state index < -0.39 is 12.7 Å². The van der Waals surface area contributed by atoms with Crippen LogP contribution in [0, 0.1) is 0 Å². The number of aliphatic hydroxyl groups excluding tert-OH is 1. The number of halogens is 3. The van der Waals surface area contributed by atoms with Crippen molar-refractivity contribution < 1.29 is 18.6 Å². The molecule has 1 atom stereocenters. The van der Waals surface area contributed by atoms with E-state index in [4.69, 9.17) is 0 Å². The second-order valence-corrected chi connectivity index (χ2v) is 7.03. The highest BCUT2D eigenvalue weighted by Gasteiger charge is 2.18. The topological polar surface area (TPSA) is 69.1 Å². The van der Waals surface area contributed by atoms with Crippen molar-refractivity contribution in [3.8, 4) is 5.75 Å². The lowest BCUT2D eigenvalue weighted by atomic mass is 10.1. The minimum Gasteiger partial charge on any atom is -0.435 e. The SMILES string of the molecule is CCNC(=NCC(O)c1ccc(OC(F)F)cc1)NCCN(C)C1CCCC1.I. The number of nitrogens with zero attached hydrogens (tertiary/aromatic N) is 2. The molecule has 1 fully saturated rings. The van der Waals surface area contributed by atoms with E-state index in [0.29, 0.717) is 17.6 Å². The molecule has 3 N–H and O–H groups in total. The molecule has 166 valence electrons. The van der Waals surface area contributed by atoms with Crippen LogP contribution >= 0.6 is 24.0 Å². The van der Waals surface area contributed by atoms with Crippen molar-refractivity contribution in [2.75, 3.05) is 33.2 Å². The van der Waals surface area contributed by atoms with Crippen LogP contribution in [-0.4, -0.2) is 61.8 Å². The zero-order chi connectivity index (χ0) is 20.4. The molecule has 0 bridgehead atoms. The maximum Gasteiger partial charge on any atom is 0.387 e. The number of rotatable bonds is 10. The van der Waals surface area contributed by atoms with Gasteiger partial charge in [-0.05, 0) is 44.5 Å². The molecule has 1 aliphatic rings. The lowest BCUT2D eigenvalue weighted by molar-refractivity contribution is -0.0498. The van der Waals surface area contributed by atoms with Gasteiger partial charge in [-0.1, -0.05) is 25.0 Å². The summed E-state index contributed by atoms with van der Waals surface area (Å²) >= 11 is 0. The Kier molecular flexibility index (Phi) is 12.4. The van der Waals surface area contributed by atoms with Gasteiger partial charge in [0.25, 0.3) is 0 Å². The first kappa shape index (κ1) is 25.8. The fraction of sp³-hybridized carbons (Fsp3) is 0.650. The highest BCUT2D eigenvalue weighted by Crippen LogP contribution is 2.22. The van der Waals surface area contributed by atoms with Crippen LogP contribution in [-0.2, 0) is 0 Å². The Hall–Kier alpha value is -1.20. The summed E-state index contributed by atoms with van der Waals surface area (Å²) in [7, 11) is 2.16. The number of benzene rings is 1. The first-order chi connectivity index (χ1) is 13.5. The van der Waals surface area contributed by atoms with Crippen molar-refractivity contribution in [2.24, 2.45) is 4.99 Å². The molecule has 1 saturated carbocycles. The Morgan fingerprint density at radius 2 is 1.90 bits per heavy atom. The molecule has 0 aromatic heterocycles. The molecule has 9 heteroatoms. The summed E-state index contributed by atoms with van der Waals surface area (Å²) < 4.78 is 28.7. The van der Waals surface area contributed by atoms with Gasteiger partial charge in [-0.15, -0.1) is 24.0 Å². The molecule has 0 heterocycles. The van der Waals surface area contributed by atoms with Crippen molar-refractivity contribution >= 4 is 29.9 Å². The number of alkyl halides is 2. The van der Waals surface area contributed by atoms with Crippen molar-refractivity contribution in [1.29, 1.82) is 0 Å². The Bertz CT molecular complexity index is 599. The molecule has 0 amide bonds. The van der Waals surface area contributed by atoms with Crippen LogP contribution in [0.1, 0.15) is 44.3 Å². The molecule has 1 aliphatic carbocycles. The number of nitrogens with one attached hydrogen (secondary N) is 2. The van der Waals surface area contributed by atoms with Crippen molar-refractivity contribution in [3.63, 3.8) is 0 Å². The van der Waals surface area contributed by atoms with E-state index in [-0.39, 0.29) is 36.3 Å². The van der Waals surface area contributed by atoms with Gasteiger partial charge in [0.05, 0.1) is 12.6 Å². The van der Waals surface area contributed by atoms with E-state index in [1.165, 1.54) is 37.8 Å². The number of likely N-dealkylation sites (N-methyl/N-ethyl adjacent to an activating group) is 1. The molecular weight excluding hydrogens is 493 g/mol. The molecule has 0 saturated heterocycles. The third kappa shape index (κ3) is 9.43. The van der Waals surface area contributed by atoms with Crippen LogP contribution in [0.15, 0.2) is 29.3 Å². The van der Waals surface area contributed by atoms with E-state index in [2.05, 4.69) is 32.3 Å². The van der Waals surface area contributed by atoms with Crippen LogP contribution in [0.4, 0.5) is 8.78 Å². The Morgan fingerprint density at radius 1 is 1.24 bits per heavy atom. The molecule has 0 radical (unpaired) electrons. The van der Waals surface area contributed by atoms with E-state index in [0.717, 1.165) is 19.6 Å². The quantitative estimate of drug-likeness (QED) is 0.248. The maximum atomic E-state index is 12.2. The summed E-state index contributed by atoms with van der Waals surface area (Å²) in [6.45, 7) is 1.72. The predicted octanol–water partition coefficient (Wildman–Crippen LogP) is 3.37. The van der Waals surface area contributed by atoms with Crippen molar-refractivity contribution in [2.45, 2.75) is 51.4 Å². The number of ether oxygens (including phenoxy) is 1. The fourth-order valence-electron chi connectivity index (χ4n) is 3.37. The molecule has 2 rings (SSSR count). The van der Waals surface area contributed by atoms with Gasteiger partial charge in [-0.3, -0.25) is 4.99 Å². The van der Waals surface area contributed by atoms with Crippen LogP contribution in [0.2, 0.25) is 0 Å². The van der Waals surface area contributed by atoms with Gasteiger partial charge in [0.1, 0.15) is 5.75 Å². The highest BCUT2D eigenvalue weighted by atomic mass is 127. The average molecular weight is 526 g/mol. The van der Waals surface area contributed by atoms with E-state index in [9.17, 15) is 13.9 Å². The Morgan fingerprint density at radius 3 is 2.48 bits per heavy atom. The molecule has 0 spiro atoms. The zero-order valence-electron chi connectivity index (χ0n) is 17.1. The largest absolute Gasteiger partial charge is 0.435 e. The molecular formula is C20H33F2IN4O2. The molecule has 1 unspecified atom stereocenters. The highest BCUT2D eigenvalue weighted by molar-refractivity contribution is 14.0. The smallest absolute Gasteiger partial charge is 0.387 e. The van der Waals surface area contributed by atoms with Gasteiger partial charge in [0.15, 0.2) is 5.96 Å². The van der Waals surface area contributed by atoms with Gasteiger partial charge < -0.3 is 25.4 Å².